The second kappa shape index (κ2) is 30.3. The molecule has 0 aliphatic rings. The van der Waals surface area contributed by atoms with Gasteiger partial charge in [-0.05, 0) is 71.1 Å². The molecule has 2 amide bonds. The number of aliphatic hydroxyl groups is 2. The number of aliphatic hydroxyl groups excluding tert-OH is 2. The molecule has 0 bridgehead atoms. The lowest BCUT2D eigenvalue weighted by atomic mass is 10.1. The van der Waals surface area contributed by atoms with E-state index in [-0.39, 0.29) is 25.4 Å². The fourth-order valence-electron chi connectivity index (χ4n) is 3.72. The quantitative estimate of drug-likeness (QED) is 0.0465. The van der Waals surface area contributed by atoms with Crippen LogP contribution in [-0.4, -0.2) is 72.5 Å². The normalized spacial score (nSPS) is 12.8. The van der Waals surface area contributed by atoms with E-state index in [1.165, 1.54) is 0 Å². The minimum Gasteiger partial charge on any atom is -0.463 e. The van der Waals surface area contributed by atoms with Crippen LogP contribution in [0.3, 0.4) is 0 Å². The molecular weight excluding hydrogens is 576 g/mol. The molecule has 0 fully saturated rings. The monoisotopic (exact) mass is 630 g/mol. The summed E-state index contributed by atoms with van der Waals surface area (Å²) in [7, 11) is 0. The van der Waals surface area contributed by atoms with Gasteiger partial charge in [0.15, 0.2) is 0 Å². The van der Waals surface area contributed by atoms with Gasteiger partial charge in [-0.15, -0.1) is 0 Å². The molecule has 0 heterocycles. The molecule has 0 rings (SSSR count). The predicted octanol–water partition coefficient (Wildman–Crippen LogP) is 4.70. The molecule has 1 atom stereocenters. The topological polar surface area (TPSA) is 151 Å². The number of esters is 2. The van der Waals surface area contributed by atoms with Crippen molar-refractivity contribution < 1.29 is 38.9 Å². The Morgan fingerprint density at radius 1 is 0.733 bits per heavy atom. The Labute approximate surface area is 269 Å². The smallest absolute Gasteiger partial charge is 0.330 e. The van der Waals surface area contributed by atoms with Gasteiger partial charge in [0.25, 0.3) is 0 Å². The second-order valence-electron chi connectivity index (χ2n) is 10.0. The molecule has 0 aliphatic carbocycles. The van der Waals surface area contributed by atoms with Crippen molar-refractivity contribution in [3.05, 3.63) is 72.9 Å². The van der Waals surface area contributed by atoms with Crippen LogP contribution in [0, 0.1) is 0 Å². The number of allylic oxidation sites excluding steroid dienone is 10. The van der Waals surface area contributed by atoms with E-state index in [0.717, 1.165) is 50.7 Å². The number of amides is 2. The van der Waals surface area contributed by atoms with Crippen LogP contribution in [0.4, 0.5) is 0 Å². The van der Waals surface area contributed by atoms with Crippen molar-refractivity contribution >= 4 is 23.8 Å². The predicted molar refractivity (Wildman–Crippen MR) is 177 cm³/mol. The van der Waals surface area contributed by atoms with E-state index in [0.29, 0.717) is 25.8 Å². The van der Waals surface area contributed by atoms with Gasteiger partial charge in [0, 0.05) is 25.1 Å². The van der Waals surface area contributed by atoms with Gasteiger partial charge in [0.2, 0.25) is 11.8 Å². The summed E-state index contributed by atoms with van der Waals surface area (Å²) >= 11 is 0. The minimum atomic E-state index is -1.07. The summed E-state index contributed by atoms with van der Waals surface area (Å²) in [6.07, 6.45) is 29.8. The van der Waals surface area contributed by atoms with Gasteiger partial charge in [-0.2, -0.15) is 0 Å². The number of nitrogens with one attached hydrogen (secondary N) is 2. The Balaban J connectivity index is 4.42. The van der Waals surface area contributed by atoms with Crippen molar-refractivity contribution in [3.8, 4) is 0 Å². The zero-order chi connectivity index (χ0) is 33.4. The molecule has 10 nitrogen and oxygen atoms in total. The molecule has 0 aromatic rings. The van der Waals surface area contributed by atoms with Gasteiger partial charge in [0.05, 0.1) is 19.8 Å². The van der Waals surface area contributed by atoms with Crippen LogP contribution in [0.15, 0.2) is 72.9 Å². The first-order chi connectivity index (χ1) is 21.9. The number of carbonyl (C=O) groups excluding carboxylic acids is 4. The highest BCUT2D eigenvalue weighted by molar-refractivity contribution is 5.94. The van der Waals surface area contributed by atoms with Gasteiger partial charge in [-0.3, -0.25) is 9.59 Å². The van der Waals surface area contributed by atoms with Crippen LogP contribution in [0.5, 0.6) is 0 Å². The Morgan fingerprint density at radius 3 is 1.87 bits per heavy atom. The molecule has 0 spiro atoms. The molecule has 0 saturated carbocycles. The molecule has 0 radical (unpaired) electrons. The summed E-state index contributed by atoms with van der Waals surface area (Å²) in [5, 5.41) is 23.8. The van der Waals surface area contributed by atoms with Gasteiger partial charge in [-0.1, -0.05) is 67.7 Å². The second-order valence-corrected chi connectivity index (χ2v) is 10.0. The van der Waals surface area contributed by atoms with Crippen molar-refractivity contribution in [2.45, 2.75) is 96.6 Å². The third-order valence-electron chi connectivity index (χ3n) is 6.12. The Hall–Kier alpha value is -3.76. The van der Waals surface area contributed by atoms with Crippen molar-refractivity contribution in [2.75, 3.05) is 26.4 Å². The zero-order valence-electron chi connectivity index (χ0n) is 27.0. The van der Waals surface area contributed by atoms with Gasteiger partial charge < -0.3 is 30.3 Å². The van der Waals surface area contributed by atoms with Gasteiger partial charge in [-0.25, -0.2) is 9.59 Å². The summed E-state index contributed by atoms with van der Waals surface area (Å²) in [5.74, 6) is -2.10. The number of unbranched alkanes of at least 4 members (excludes halogenated alkanes) is 2. The summed E-state index contributed by atoms with van der Waals surface area (Å²) < 4.78 is 9.83. The number of hydrogen-bond donors (Lipinski definition) is 4. The third kappa shape index (κ3) is 26.4. The Kier molecular flexibility index (Phi) is 27.7. The standard InChI is InChI=1S/C35H54N2O8/c1-3-5-6-7-8-9-10-11-12-13-14-15-16-17-18-19-20-24-33(41)37-31(35(43)45-30(28-38)29-39)23-21-22-27-36-32(40)25-26-34(42)44-4-2/h5-6,8-9,11-12,14-15,17-18,25-26,30-31,38-39H,3-4,7,10,13,16,19-24,27-29H2,1-2H3,(H,36,40)(H,37,41)/t31-/m0/s1. The maximum atomic E-state index is 12.6. The Bertz CT molecular complexity index is 994. The van der Waals surface area contributed by atoms with E-state index in [9.17, 15) is 29.4 Å². The maximum Gasteiger partial charge on any atom is 0.330 e. The van der Waals surface area contributed by atoms with Crippen molar-refractivity contribution in [3.63, 3.8) is 0 Å². The number of rotatable bonds is 26. The SMILES string of the molecule is CCC=CCC=CCC=CCC=CCC=CCCCC(=O)N[C@@H](CCCCNC(=O)C=CC(=O)OCC)C(=O)OC(CO)CO. The van der Waals surface area contributed by atoms with Gasteiger partial charge in [0.1, 0.15) is 12.1 Å². The average Bonchev–Trinajstić information content (AvgIpc) is 3.03. The molecule has 10 heteroatoms. The van der Waals surface area contributed by atoms with Gasteiger partial charge >= 0.3 is 11.9 Å². The molecule has 0 aromatic heterocycles. The number of carbonyl (C=O) groups is 4. The van der Waals surface area contributed by atoms with Crippen molar-refractivity contribution in [2.24, 2.45) is 0 Å². The lowest BCUT2D eigenvalue weighted by molar-refractivity contribution is -0.157. The first-order valence-electron chi connectivity index (χ1n) is 16.0. The highest BCUT2D eigenvalue weighted by Gasteiger charge is 2.24. The first-order valence-corrected chi connectivity index (χ1v) is 16.0. The lowest BCUT2D eigenvalue weighted by Crippen LogP contribution is -2.44. The fourth-order valence-corrected chi connectivity index (χ4v) is 3.72. The van der Waals surface area contributed by atoms with Crippen LogP contribution in [0.25, 0.3) is 0 Å². The van der Waals surface area contributed by atoms with E-state index in [2.05, 4.69) is 72.2 Å². The summed E-state index contributed by atoms with van der Waals surface area (Å²) in [4.78, 5) is 48.2. The highest BCUT2D eigenvalue weighted by atomic mass is 16.6. The van der Waals surface area contributed by atoms with Crippen LogP contribution < -0.4 is 10.6 Å². The summed E-state index contributed by atoms with van der Waals surface area (Å²) in [6.45, 7) is 3.22. The summed E-state index contributed by atoms with van der Waals surface area (Å²) in [6, 6.07) is -0.953. The van der Waals surface area contributed by atoms with E-state index in [1.54, 1.807) is 6.92 Å². The molecule has 0 aromatic carbocycles. The van der Waals surface area contributed by atoms with E-state index in [1.807, 2.05) is 6.08 Å². The molecule has 0 saturated heterocycles. The fraction of sp³-hybridized carbons (Fsp3) is 0.543. The molecule has 0 unspecified atom stereocenters. The molecule has 4 N–H and O–H groups in total. The first kappa shape index (κ1) is 41.2. The van der Waals surface area contributed by atoms with Crippen LogP contribution >= 0.6 is 0 Å². The van der Waals surface area contributed by atoms with Crippen LogP contribution in [-0.2, 0) is 28.7 Å². The number of hydrogen-bond acceptors (Lipinski definition) is 8. The van der Waals surface area contributed by atoms with Crippen molar-refractivity contribution in [1.82, 2.24) is 10.6 Å². The molecule has 0 aliphatic heterocycles. The molecule has 252 valence electrons. The number of ether oxygens (including phenoxy) is 2. The van der Waals surface area contributed by atoms with E-state index in [4.69, 9.17) is 9.47 Å². The summed E-state index contributed by atoms with van der Waals surface area (Å²) in [5.41, 5.74) is 0. The zero-order valence-corrected chi connectivity index (χ0v) is 27.0. The van der Waals surface area contributed by atoms with Crippen molar-refractivity contribution in [1.29, 1.82) is 0 Å². The Morgan fingerprint density at radius 2 is 1.31 bits per heavy atom. The largest absolute Gasteiger partial charge is 0.463 e. The van der Waals surface area contributed by atoms with E-state index >= 15 is 0 Å². The lowest BCUT2D eigenvalue weighted by Gasteiger charge is -2.20. The molecular formula is C35H54N2O8. The minimum absolute atomic E-state index is 0.215. The van der Waals surface area contributed by atoms with Crippen LogP contribution in [0.1, 0.15) is 84.5 Å². The van der Waals surface area contributed by atoms with E-state index < -0.39 is 43.2 Å². The average molecular weight is 631 g/mol. The maximum absolute atomic E-state index is 12.6. The molecule has 45 heavy (non-hydrogen) atoms. The third-order valence-corrected chi connectivity index (χ3v) is 6.12. The van der Waals surface area contributed by atoms with Crippen LogP contribution in [0.2, 0.25) is 0 Å². The highest BCUT2D eigenvalue weighted by Crippen LogP contribution is 2.07.